The summed E-state index contributed by atoms with van der Waals surface area (Å²) >= 11 is 0. The van der Waals surface area contributed by atoms with Gasteiger partial charge in [0.2, 0.25) is 5.91 Å². The van der Waals surface area contributed by atoms with Crippen molar-refractivity contribution in [2.45, 2.75) is 46.1 Å². The molecule has 1 unspecified atom stereocenters. The van der Waals surface area contributed by atoms with Crippen molar-refractivity contribution < 1.29 is 9.53 Å². The maximum Gasteiger partial charge on any atom is 0.221 e. The van der Waals surface area contributed by atoms with E-state index in [-0.39, 0.29) is 11.9 Å². The quantitative estimate of drug-likeness (QED) is 0.796. The first kappa shape index (κ1) is 15.5. The second kappa shape index (κ2) is 7.79. The zero-order valence-corrected chi connectivity index (χ0v) is 12.0. The number of amides is 1. The molecule has 19 heavy (non-hydrogen) atoms. The largest absolute Gasteiger partial charge is 0.492 e. The molecule has 1 atom stereocenters. The Labute approximate surface area is 115 Å². The molecule has 1 amide bonds. The zero-order valence-electron chi connectivity index (χ0n) is 12.0. The topological polar surface area (TPSA) is 64.3 Å². The molecular weight excluding hydrogens is 240 g/mol. The van der Waals surface area contributed by atoms with Crippen LogP contribution in [-0.2, 0) is 11.2 Å². The lowest BCUT2D eigenvalue weighted by molar-refractivity contribution is -0.114. The Morgan fingerprint density at radius 2 is 2.16 bits per heavy atom. The number of benzene rings is 1. The number of rotatable bonds is 7. The van der Waals surface area contributed by atoms with Crippen LogP contribution in [0.4, 0.5) is 5.69 Å². The molecule has 1 rings (SSSR count). The number of carbonyl (C=O) groups excluding carboxylic acids is 1. The molecule has 0 heterocycles. The minimum Gasteiger partial charge on any atom is -0.492 e. The molecule has 0 spiro atoms. The van der Waals surface area contributed by atoms with Crippen molar-refractivity contribution in [2.75, 3.05) is 11.9 Å². The first-order valence-corrected chi connectivity index (χ1v) is 6.85. The van der Waals surface area contributed by atoms with Crippen molar-refractivity contribution in [3.8, 4) is 5.75 Å². The standard InChI is InChI=1S/C15H24N2O2/c1-4-6-13(16)9-12-7-8-14(17-11(3)18)15(10-12)19-5-2/h7-8,10,13H,4-6,9,16H2,1-3H3,(H,17,18). The normalized spacial score (nSPS) is 12.0. The lowest BCUT2D eigenvalue weighted by Crippen LogP contribution is -2.22. The molecule has 0 aliphatic carbocycles. The van der Waals surface area contributed by atoms with E-state index < -0.39 is 0 Å². The van der Waals surface area contributed by atoms with E-state index in [1.165, 1.54) is 6.92 Å². The molecule has 3 N–H and O–H groups in total. The maximum absolute atomic E-state index is 11.1. The van der Waals surface area contributed by atoms with Gasteiger partial charge in [-0.05, 0) is 37.5 Å². The van der Waals surface area contributed by atoms with Crippen LogP contribution in [0.15, 0.2) is 18.2 Å². The predicted molar refractivity (Wildman–Crippen MR) is 78.5 cm³/mol. The van der Waals surface area contributed by atoms with Gasteiger partial charge in [-0.1, -0.05) is 19.4 Å². The number of nitrogens with two attached hydrogens (primary N) is 1. The van der Waals surface area contributed by atoms with Crippen LogP contribution in [0.25, 0.3) is 0 Å². The first-order valence-electron chi connectivity index (χ1n) is 6.85. The van der Waals surface area contributed by atoms with E-state index in [1.54, 1.807) is 0 Å². The predicted octanol–water partition coefficient (Wildman–Crippen LogP) is 2.71. The lowest BCUT2D eigenvalue weighted by atomic mass is 10.0. The van der Waals surface area contributed by atoms with Crippen molar-refractivity contribution in [1.82, 2.24) is 0 Å². The fraction of sp³-hybridized carbons (Fsp3) is 0.533. The molecule has 0 aliphatic heterocycles. The van der Waals surface area contributed by atoms with Crippen LogP contribution in [0.3, 0.4) is 0 Å². The molecule has 0 saturated carbocycles. The number of hydrogen-bond donors (Lipinski definition) is 2. The molecule has 0 fully saturated rings. The third-order valence-electron chi connectivity index (χ3n) is 2.81. The number of ether oxygens (including phenoxy) is 1. The summed E-state index contributed by atoms with van der Waals surface area (Å²) in [6.45, 7) is 6.11. The van der Waals surface area contributed by atoms with Gasteiger partial charge in [0.05, 0.1) is 12.3 Å². The highest BCUT2D eigenvalue weighted by Crippen LogP contribution is 2.26. The van der Waals surface area contributed by atoms with Crippen molar-refractivity contribution in [3.63, 3.8) is 0 Å². The molecule has 4 heteroatoms. The molecule has 0 aromatic heterocycles. The van der Waals surface area contributed by atoms with Gasteiger partial charge in [-0.2, -0.15) is 0 Å². The van der Waals surface area contributed by atoms with E-state index >= 15 is 0 Å². The summed E-state index contributed by atoms with van der Waals surface area (Å²) in [6.07, 6.45) is 2.93. The molecule has 0 aliphatic rings. The van der Waals surface area contributed by atoms with Crippen LogP contribution in [0.1, 0.15) is 39.2 Å². The van der Waals surface area contributed by atoms with Crippen molar-refractivity contribution >= 4 is 11.6 Å². The van der Waals surface area contributed by atoms with Gasteiger partial charge >= 0.3 is 0 Å². The fourth-order valence-electron chi connectivity index (χ4n) is 2.04. The average molecular weight is 264 g/mol. The van der Waals surface area contributed by atoms with Crippen LogP contribution in [0.5, 0.6) is 5.75 Å². The Bertz CT molecular complexity index is 419. The van der Waals surface area contributed by atoms with Crippen LogP contribution in [0.2, 0.25) is 0 Å². The number of carbonyl (C=O) groups is 1. The van der Waals surface area contributed by atoms with E-state index in [4.69, 9.17) is 10.5 Å². The van der Waals surface area contributed by atoms with Gasteiger partial charge in [-0.15, -0.1) is 0 Å². The Hall–Kier alpha value is -1.55. The van der Waals surface area contributed by atoms with Crippen LogP contribution in [0, 0.1) is 0 Å². The van der Waals surface area contributed by atoms with Crippen molar-refractivity contribution in [1.29, 1.82) is 0 Å². The van der Waals surface area contributed by atoms with Gasteiger partial charge in [-0.25, -0.2) is 0 Å². The van der Waals surface area contributed by atoms with E-state index in [9.17, 15) is 4.79 Å². The van der Waals surface area contributed by atoms with E-state index in [0.717, 1.165) is 24.8 Å². The Morgan fingerprint density at radius 1 is 1.42 bits per heavy atom. The monoisotopic (exact) mass is 264 g/mol. The third-order valence-corrected chi connectivity index (χ3v) is 2.81. The molecule has 0 saturated heterocycles. The Balaban J connectivity index is 2.85. The third kappa shape index (κ3) is 5.30. The van der Waals surface area contributed by atoms with Gasteiger partial charge in [0.1, 0.15) is 5.75 Å². The summed E-state index contributed by atoms with van der Waals surface area (Å²) in [5, 5.41) is 2.77. The van der Waals surface area contributed by atoms with Crippen molar-refractivity contribution in [2.24, 2.45) is 5.73 Å². The van der Waals surface area contributed by atoms with Crippen LogP contribution >= 0.6 is 0 Å². The van der Waals surface area contributed by atoms with Gasteiger partial charge in [0, 0.05) is 13.0 Å². The molecule has 106 valence electrons. The molecule has 4 nitrogen and oxygen atoms in total. The first-order chi connectivity index (χ1) is 9.06. The summed E-state index contributed by atoms with van der Waals surface area (Å²) < 4.78 is 5.56. The second-order valence-electron chi connectivity index (χ2n) is 4.70. The maximum atomic E-state index is 11.1. The van der Waals surface area contributed by atoms with E-state index in [0.29, 0.717) is 18.0 Å². The Kier molecular flexibility index (Phi) is 6.36. The Morgan fingerprint density at radius 3 is 2.74 bits per heavy atom. The zero-order chi connectivity index (χ0) is 14.3. The SMILES string of the molecule is CCCC(N)Cc1ccc(NC(C)=O)c(OCC)c1. The molecule has 0 radical (unpaired) electrons. The highest BCUT2D eigenvalue weighted by molar-refractivity contribution is 5.90. The summed E-state index contributed by atoms with van der Waals surface area (Å²) in [5.41, 5.74) is 7.90. The highest BCUT2D eigenvalue weighted by atomic mass is 16.5. The molecular formula is C15H24N2O2. The fourth-order valence-corrected chi connectivity index (χ4v) is 2.04. The van der Waals surface area contributed by atoms with Gasteiger partial charge in [0.25, 0.3) is 0 Å². The highest BCUT2D eigenvalue weighted by Gasteiger charge is 2.09. The summed E-state index contributed by atoms with van der Waals surface area (Å²) in [6, 6.07) is 6.00. The molecule has 1 aromatic carbocycles. The minimum atomic E-state index is -0.101. The van der Waals surface area contributed by atoms with E-state index in [2.05, 4.69) is 12.2 Å². The number of anilines is 1. The van der Waals surface area contributed by atoms with Gasteiger partial charge in [0.15, 0.2) is 0 Å². The van der Waals surface area contributed by atoms with Crippen molar-refractivity contribution in [3.05, 3.63) is 23.8 Å². The summed E-state index contributed by atoms with van der Waals surface area (Å²) in [5.74, 6) is 0.607. The summed E-state index contributed by atoms with van der Waals surface area (Å²) in [7, 11) is 0. The smallest absolute Gasteiger partial charge is 0.221 e. The number of hydrogen-bond acceptors (Lipinski definition) is 3. The second-order valence-corrected chi connectivity index (χ2v) is 4.70. The van der Waals surface area contributed by atoms with Gasteiger partial charge in [-0.3, -0.25) is 4.79 Å². The average Bonchev–Trinajstić information content (AvgIpc) is 2.32. The molecule has 1 aromatic rings. The lowest BCUT2D eigenvalue weighted by Gasteiger charge is -2.14. The summed E-state index contributed by atoms with van der Waals surface area (Å²) in [4.78, 5) is 11.1. The minimum absolute atomic E-state index is 0.101. The van der Waals surface area contributed by atoms with E-state index in [1.807, 2.05) is 25.1 Å². The molecule has 0 bridgehead atoms. The number of nitrogens with one attached hydrogen (secondary N) is 1. The van der Waals surface area contributed by atoms with Gasteiger partial charge < -0.3 is 15.8 Å². The van der Waals surface area contributed by atoms with Crippen LogP contribution in [-0.4, -0.2) is 18.6 Å². The van der Waals surface area contributed by atoms with Crippen LogP contribution < -0.4 is 15.8 Å².